The Morgan fingerprint density at radius 1 is 0.933 bits per heavy atom. The van der Waals surface area contributed by atoms with E-state index in [1.165, 1.54) is 24.3 Å². The van der Waals surface area contributed by atoms with E-state index >= 15 is 0 Å². The smallest absolute Gasteiger partial charge is 0.810 e. The summed E-state index contributed by atoms with van der Waals surface area (Å²) in [5.41, 5.74) is 0.151. The number of hydrogen-bond acceptors (Lipinski definition) is 6. The van der Waals surface area contributed by atoms with Crippen LogP contribution < -0.4 is 14.5 Å². The van der Waals surface area contributed by atoms with Gasteiger partial charge in [-0.25, -0.2) is 18.0 Å². The van der Waals surface area contributed by atoms with Crippen molar-refractivity contribution in [3.63, 3.8) is 0 Å². The van der Waals surface area contributed by atoms with E-state index in [-0.39, 0.29) is 55.2 Å². The topological polar surface area (TPSA) is 89.5 Å². The number of carbonyl (C=O) groups excluding carboxylic acids is 1. The van der Waals surface area contributed by atoms with Crippen LogP contribution in [0.4, 0.5) is 22.0 Å². The minimum absolute atomic E-state index is 0. The molecule has 1 aromatic heterocycles. The summed E-state index contributed by atoms with van der Waals surface area (Å²) in [5, 5.41) is 0.320. The SMILES string of the molecule is O=C(Oc1c(F)c(F)c(F)c(F)c1F)c1cc2cc(CP(=O)([O-])[O-])ccc2s1.[Ag+].[Ag+]. The third kappa shape index (κ3) is 5.68. The average Bonchev–Trinajstić information content (AvgIpc) is 3.04. The molecule has 0 unspecified atom stereocenters. The van der Waals surface area contributed by atoms with Crippen molar-refractivity contribution in [2.24, 2.45) is 0 Å². The van der Waals surface area contributed by atoms with Crippen molar-refractivity contribution < 1.29 is 90.6 Å². The third-order valence-corrected chi connectivity index (χ3v) is 5.37. The van der Waals surface area contributed by atoms with E-state index in [4.69, 9.17) is 0 Å². The molecule has 0 saturated heterocycles. The minimum Gasteiger partial charge on any atom is -0.810 e. The number of carbonyl (C=O) groups is 1. The van der Waals surface area contributed by atoms with Gasteiger partial charge >= 0.3 is 50.7 Å². The summed E-state index contributed by atoms with van der Waals surface area (Å²) in [6.45, 7) is 0. The van der Waals surface area contributed by atoms with Crippen molar-refractivity contribution in [3.05, 3.63) is 63.8 Å². The van der Waals surface area contributed by atoms with Gasteiger partial charge in [0, 0.05) is 10.9 Å². The molecule has 1 heterocycles. The molecule has 14 heteroatoms. The zero-order valence-electron chi connectivity index (χ0n) is 13.9. The fourth-order valence-corrected chi connectivity index (χ4v) is 3.90. The molecule has 3 aromatic rings. The molecule has 0 fully saturated rings. The number of rotatable bonds is 4. The van der Waals surface area contributed by atoms with Gasteiger partial charge in [-0.2, -0.15) is 8.78 Å². The Morgan fingerprint density at radius 2 is 1.47 bits per heavy atom. The summed E-state index contributed by atoms with van der Waals surface area (Å²) in [7, 11) is -4.82. The first-order chi connectivity index (χ1) is 13.0. The van der Waals surface area contributed by atoms with E-state index < -0.39 is 54.6 Å². The second kappa shape index (κ2) is 10.2. The number of fused-ring (bicyclic) bond motifs is 1. The average molecular weight is 652 g/mol. The van der Waals surface area contributed by atoms with Crippen LogP contribution in [0, 0.1) is 29.1 Å². The molecule has 0 atom stereocenters. The predicted octanol–water partition coefficient (Wildman–Crippen LogP) is 3.22. The molecule has 168 valence electrons. The van der Waals surface area contributed by atoms with E-state index in [1.54, 1.807) is 0 Å². The van der Waals surface area contributed by atoms with E-state index in [0.717, 1.165) is 11.3 Å². The third-order valence-electron chi connectivity index (χ3n) is 3.52. The van der Waals surface area contributed by atoms with E-state index in [0.29, 0.717) is 10.1 Å². The molecule has 0 N–H and O–H groups in total. The summed E-state index contributed by atoms with van der Waals surface area (Å²) in [4.78, 5) is 33.5. The van der Waals surface area contributed by atoms with Gasteiger partial charge in [0.1, 0.15) is 4.88 Å². The van der Waals surface area contributed by atoms with Gasteiger partial charge in [-0.15, -0.1) is 11.3 Å². The Balaban J connectivity index is 0.00000225. The van der Waals surface area contributed by atoms with Crippen LogP contribution in [0.5, 0.6) is 5.75 Å². The van der Waals surface area contributed by atoms with E-state index in [1.807, 2.05) is 0 Å². The van der Waals surface area contributed by atoms with Crippen LogP contribution in [0.3, 0.4) is 0 Å². The van der Waals surface area contributed by atoms with Crippen LogP contribution in [-0.4, -0.2) is 5.97 Å². The van der Waals surface area contributed by atoms with Gasteiger partial charge in [-0.1, -0.05) is 13.7 Å². The van der Waals surface area contributed by atoms with Crippen molar-refractivity contribution in [2.75, 3.05) is 0 Å². The van der Waals surface area contributed by atoms with Crippen molar-refractivity contribution >= 4 is 35.0 Å². The number of ether oxygens (including phenoxy) is 1. The van der Waals surface area contributed by atoms with Gasteiger partial charge in [0.15, 0.2) is 0 Å². The van der Waals surface area contributed by atoms with Gasteiger partial charge in [-0.05, 0) is 29.1 Å². The van der Waals surface area contributed by atoms with Gasteiger partial charge in [0.25, 0.3) is 0 Å². The molecule has 30 heavy (non-hydrogen) atoms. The molecule has 0 aliphatic rings. The number of esters is 1. The largest absolute Gasteiger partial charge is 1.00 e. The maximum Gasteiger partial charge on any atom is 1.00 e. The molecule has 0 spiro atoms. The molecule has 2 aromatic carbocycles. The van der Waals surface area contributed by atoms with Gasteiger partial charge in [0.2, 0.25) is 34.8 Å². The minimum atomic E-state index is -4.82. The fourth-order valence-electron chi connectivity index (χ4n) is 2.33. The first kappa shape index (κ1) is 27.2. The van der Waals surface area contributed by atoms with Gasteiger partial charge in [-0.3, -0.25) is 0 Å². The summed E-state index contributed by atoms with van der Waals surface area (Å²) >= 11 is 0.768. The number of benzene rings is 2. The Kier molecular flexibility index (Phi) is 9.22. The van der Waals surface area contributed by atoms with Crippen LogP contribution in [-0.2, 0) is 55.5 Å². The normalized spacial score (nSPS) is 11.0. The molecular weight excluding hydrogens is 646 g/mol. The summed E-state index contributed by atoms with van der Waals surface area (Å²) < 4.78 is 82.2. The van der Waals surface area contributed by atoms with Crippen LogP contribution in [0.15, 0.2) is 24.3 Å². The number of thiophene rings is 1. The van der Waals surface area contributed by atoms with E-state index in [9.17, 15) is 41.1 Å². The Bertz CT molecular complexity index is 1140. The second-order valence-corrected chi connectivity index (χ2v) is 8.16. The Morgan fingerprint density at radius 3 is 2.00 bits per heavy atom. The molecule has 0 amide bonds. The molecule has 0 radical (unpaired) electrons. The number of halogens is 5. The summed E-state index contributed by atoms with van der Waals surface area (Å²) in [6, 6.07) is 5.21. The second-order valence-electron chi connectivity index (χ2n) is 5.54. The molecule has 3 rings (SSSR count). The monoisotopic (exact) mass is 650 g/mol. The van der Waals surface area contributed by atoms with Gasteiger partial charge < -0.3 is 19.1 Å². The van der Waals surface area contributed by atoms with Crippen molar-refractivity contribution in [1.82, 2.24) is 0 Å². The molecule has 0 bridgehead atoms. The first-order valence-electron chi connectivity index (χ1n) is 7.25. The van der Waals surface area contributed by atoms with E-state index in [2.05, 4.69) is 4.74 Å². The van der Waals surface area contributed by atoms with Crippen molar-refractivity contribution in [1.29, 1.82) is 0 Å². The zero-order chi connectivity index (χ0) is 20.8. The molecule has 0 aliphatic carbocycles. The zero-order valence-corrected chi connectivity index (χ0v) is 18.6. The van der Waals surface area contributed by atoms with Crippen molar-refractivity contribution in [3.8, 4) is 5.75 Å². The van der Waals surface area contributed by atoms with Crippen LogP contribution in [0.1, 0.15) is 15.2 Å². The van der Waals surface area contributed by atoms with Crippen LogP contribution >= 0.6 is 18.9 Å². The maximum atomic E-state index is 13.6. The summed E-state index contributed by atoms with van der Waals surface area (Å²) in [5.74, 6) is -14.6. The standard InChI is InChI=1S/C16H8F5O5PS.2Ag/c17-10-11(18)13(20)15(14(21)12(10)19)26-16(22)9-4-7-3-6(5-27(23,24)25)1-2-8(7)28-9;;/h1-4H,5H2,(H2,23,24,25);;/q;2*+1/p-2. The number of hydrogen-bond donors (Lipinski definition) is 0. The molecular formula is C16H6Ag2F5O5PS. The molecule has 0 aliphatic heterocycles. The van der Waals surface area contributed by atoms with Gasteiger partial charge in [0.05, 0.1) is 0 Å². The molecule has 5 nitrogen and oxygen atoms in total. The quantitative estimate of drug-likeness (QED) is 0.0823. The first-order valence-corrected chi connectivity index (χ1v) is 9.79. The molecule has 0 saturated carbocycles. The summed E-state index contributed by atoms with van der Waals surface area (Å²) in [6.07, 6.45) is -0.761. The van der Waals surface area contributed by atoms with Crippen LogP contribution in [0.25, 0.3) is 10.1 Å². The predicted molar refractivity (Wildman–Crippen MR) is 84.3 cm³/mol. The Labute approximate surface area is 200 Å². The van der Waals surface area contributed by atoms with Crippen LogP contribution in [0.2, 0.25) is 0 Å². The Hall–Kier alpha value is -0.849. The maximum absolute atomic E-state index is 13.6. The fraction of sp³-hybridized carbons (Fsp3) is 0.0625. The van der Waals surface area contributed by atoms with Crippen molar-refractivity contribution in [2.45, 2.75) is 6.16 Å².